The van der Waals surface area contributed by atoms with Gasteiger partial charge >= 0.3 is 0 Å². The number of nitrogens with zero attached hydrogens (tertiary/aromatic N) is 1. The maximum atomic E-state index is 12.5. The van der Waals surface area contributed by atoms with E-state index in [1.54, 1.807) is 23.1 Å². The van der Waals surface area contributed by atoms with Gasteiger partial charge in [0.25, 0.3) is 5.91 Å². The zero-order chi connectivity index (χ0) is 14.9. The van der Waals surface area contributed by atoms with Crippen LogP contribution in [0.2, 0.25) is 0 Å². The van der Waals surface area contributed by atoms with Crippen molar-refractivity contribution in [1.82, 2.24) is 4.90 Å². The summed E-state index contributed by atoms with van der Waals surface area (Å²) in [6, 6.07) is 5.14. The number of carbonyl (C=O) groups excluding carboxylic acids is 1. The summed E-state index contributed by atoms with van der Waals surface area (Å²) in [4.78, 5) is 14.3. The van der Waals surface area contributed by atoms with E-state index in [-0.39, 0.29) is 17.1 Å². The molecule has 0 atom stereocenters. The summed E-state index contributed by atoms with van der Waals surface area (Å²) >= 11 is 0. The lowest BCUT2D eigenvalue weighted by Crippen LogP contribution is -2.36. The summed E-state index contributed by atoms with van der Waals surface area (Å²) in [5, 5.41) is 9.85. The number of hydrogen-bond acceptors (Lipinski definition) is 2. The summed E-state index contributed by atoms with van der Waals surface area (Å²) in [6.07, 6.45) is 3.05. The van der Waals surface area contributed by atoms with Crippen molar-refractivity contribution < 1.29 is 9.90 Å². The number of aromatic hydroxyl groups is 1. The number of phenolic OH excluding ortho intramolecular Hbond substituents is 1. The van der Waals surface area contributed by atoms with Gasteiger partial charge in [-0.2, -0.15) is 0 Å². The van der Waals surface area contributed by atoms with Crippen LogP contribution >= 0.6 is 0 Å². The van der Waals surface area contributed by atoms with Gasteiger partial charge in [-0.1, -0.05) is 44.1 Å². The molecule has 0 saturated heterocycles. The molecule has 1 aliphatic rings. The van der Waals surface area contributed by atoms with Gasteiger partial charge in [0.05, 0.1) is 5.56 Å². The first-order chi connectivity index (χ1) is 9.29. The third kappa shape index (κ3) is 3.03. The quantitative estimate of drug-likeness (QED) is 0.795. The van der Waals surface area contributed by atoms with E-state index < -0.39 is 0 Å². The predicted octanol–water partition coefficient (Wildman–Crippen LogP) is 3.52. The van der Waals surface area contributed by atoms with Crippen molar-refractivity contribution in [3.05, 3.63) is 41.0 Å². The van der Waals surface area contributed by atoms with Gasteiger partial charge in [-0.15, -0.1) is 0 Å². The van der Waals surface area contributed by atoms with Gasteiger partial charge in [0.15, 0.2) is 0 Å². The SMILES string of the molecule is Cc1ccc(O)c(C(=O)N2CC=C(C(C)(C)C)CC2)c1. The fourth-order valence-electron chi connectivity index (χ4n) is 2.53. The van der Waals surface area contributed by atoms with Crippen molar-refractivity contribution >= 4 is 5.91 Å². The van der Waals surface area contributed by atoms with Crippen LogP contribution in [0.15, 0.2) is 29.8 Å². The van der Waals surface area contributed by atoms with Crippen molar-refractivity contribution in [1.29, 1.82) is 0 Å². The van der Waals surface area contributed by atoms with E-state index in [4.69, 9.17) is 0 Å². The molecule has 0 aliphatic carbocycles. The molecule has 0 radical (unpaired) electrons. The molecule has 108 valence electrons. The lowest BCUT2D eigenvalue weighted by molar-refractivity contribution is 0.0762. The van der Waals surface area contributed by atoms with Gasteiger partial charge in [0.1, 0.15) is 5.75 Å². The Kier molecular flexibility index (Phi) is 3.89. The van der Waals surface area contributed by atoms with Crippen LogP contribution in [0.5, 0.6) is 5.75 Å². The fraction of sp³-hybridized carbons (Fsp3) is 0.471. The topological polar surface area (TPSA) is 40.5 Å². The molecule has 0 spiro atoms. The minimum absolute atomic E-state index is 0.0613. The Bertz CT molecular complexity index is 553. The van der Waals surface area contributed by atoms with Crippen LogP contribution < -0.4 is 0 Å². The molecule has 0 bridgehead atoms. The van der Waals surface area contributed by atoms with Gasteiger partial charge < -0.3 is 10.0 Å². The van der Waals surface area contributed by atoms with Crippen LogP contribution in [0, 0.1) is 12.3 Å². The molecule has 0 saturated carbocycles. The van der Waals surface area contributed by atoms with Crippen LogP contribution in [0.3, 0.4) is 0 Å². The molecular formula is C17H23NO2. The summed E-state index contributed by atoms with van der Waals surface area (Å²) in [6.45, 7) is 9.85. The zero-order valence-electron chi connectivity index (χ0n) is 12.7. The molecule has 2 rings (SSSR count). The maximum Gasteiger partial charge on any atom is 0.257 e. The highest BCUT2D eigenvalue weighted by atomic mass is 16.3. The highest BCUT2D eigenvalue weighted by molar-refractivity contribution is 5.97. The number of aryl methyl sites for hydroxylation is 1. The van der Waals surface area contributed by atoms with Crippen LogP contribution in [-0.2, 0) is 0 Å². The van der Waals surface area contributed by atoms with Crippen molar-refractivity contribution in [2.75, 3.05) is 13.1 Å². The molecular weight excluding hydrogens is 250 g/mol. The number of hydrogen-bond donors (Lipinski definition) is 1. The van der Waals surface area contributed by atoms with Crippen LogP contribution in [-0.4, -0.2) is 29.0 Å². The number of benzene rings is 1. The molecule has 1 heterocycles. The van der Waals surface area contributed by atoms with Gasteiger partial charge in [-0.25, -0.2) is 0 Å². The van der Waals surface area contributed by atoms with Crippen molar-refractivity contribution in [2.24, 2.45) is 5.41 Å². The molecule has 1 amide bonds. The molecule has 20 heavy (non-hydrogen) atoms. The molecule has 0 aromatic heterocycles. The van der Waals surface area contributed by atoms with E-state index in [1.807, 2.05) is 6.92 Å². The Morgan fingerprint density at radius 2 is 2.00 bits per heavy atom. The zero-order valence-corrected chi connectivity index (χ0v) is 12.7. The second-order valence-corrected chi connectivity index (χ2v) is 6.50. The lowest BCUT2D eigenvalue weighted by Gasteiger charge is -2.32. The molecule has 0 fully saturated rings. The number of carbonyl (C=O) groups is 1. The first-order valence-electron chi connectivity index (χ1n) is 7.07. The average Bonchev–Trinajstić information content (AvgIpc) is 2.40. The van der Waals surface area contributed by atoms with Crippen LogP contribution in [0.25, 0.3) is 0 Å². The molecule has 1 N–H and O–H groups in total. The Labute approximate surface area is 120 Å². The molecule has 1 aliphatic heterocycles. The lowest BCUT2D eigenvalue weighted by atomic mass is 9.83. The summed E-state index contributed by atoms with van der Waals surface area (Å²) in [5.41, 5.74) is 2.95. The van der Waals surface area contributed by atoms with Gasteiger partial charge in [-0.3, -0.25) is 4.79 Å². The third-order valence-corrected chi connectivity index (χ3v) is 3.84. The second kappa shape index (κ2) is 5.31. The fourth-order valence-corrected chi connectivity index (χ4v) is 2.53. The second-order valence-electron chi connectivity index (χ2n) is 6.50. The molecule has 3 nitrogen and oxygen atoms in total. The number of rotatable bonds is 1. The van der Waals surface area contributed by atoms with E-state index in [0.717, 1.165) is 18.5 Å². The maximum absolute atomic E-state index is 12.5. The highest BCUT2D eigenvalue weighted by Crippen LogP contribution is 2.31. The van der Waals surface area contributed by atoms with Crippen LogP contribution in [0.1, 0.15) is 43.1 Å². The standard InChI is InChI=1S/C17H23NO2/c1-12-5-6-15(19)14(11-12)16(20)18-9-7-13(8-10-18)17(2,3)4/h5-7,11,19H,8-10H2,1-4H3. The molecule has 0 unspecified atom stereocenters. The molecule has 1 aromatic carbocycles. The Morgan fingerprint density at radius 3 is 2.55 bits per heavy atom. The Hall–Kier alpha value is -1.77. The minimum atomic E-state index is -0.0876. The Morgan fingerprint density at radius 1 is 1.30 bits per heavy atom. The van der Waals surface area contributed by atoms with Crippen molar-refractivity contribution in [3.63, 3.8) is 0 Å². The first kappa shape index (κ1) is 14.6. The monoisotopic (exact) mass is 273 g/mol. The predicted molar refractivity (Wildman–Crippen MR) is 80.9 cm³/mol. The normalized spacial score (nSPS) is 16.0. The highest BCUT2D eigenvalue weighted by Gasteiger charge is 2.25. The first-order valence-corrected chi connectivity index (χ1v) is 7.07. The summed E-state index contributed by atoms with van der Waals surface area (Å²) in [7, 11) is 0. The average molecular weight is 273 g/mol. The van der Waals surface area contributed by atoms with Crippen LogP contribution in [0.4, 0.5) is 0 Å². The number of phenols is 1. The van der Waals surface area contributed by atoms with E-state index in [9.17, 15) is 9.90 Å². The van der Waals surface area contributed by atoms with E-state index >= 15 is 0 Å². The third-order valence-electron chi connectivity index (χ3n) is 3.84. The van der Waals surface area contributed by atoms with Gasteiger partial charge in [0.2, 0.25) is 0 Å². The largest absolute Gasteiger partial charge is 0.507 e. The molecule has 1 aromatic rings. The minimum Gasteiger partial charge on any atom is -0.507 e. The summed E-state index contributed by atoms with van der Waals surface area (Å²) in [5.74, 6) is -0.0263. The van der Waals surface area contributed by atoms with E-state index in [2.05, 4.69) is 26.8 Å². The smallest absolute Gasteiger partial charge is 0.257 e. The van der Waals surface area contributed by atoms with Gasteiger partial charge in [0, 0.05) is 13.1 Å². The number of amides is 1. The summed E-state index contributed by atoms with van der Waals surface area (Å²) < 4.78 is 0. The van der Waals surface area contributed by atoms with E-state index in [1.165, 1.54) is 5.57 Å². The van der Waals surface area contributed by atoms with Crippen molar-refractivity contribution in [3.8, 4) is 5.75 Å². The van der Waals surface area contributed by atoms with Gasteiger partial charge in [-0.05, 0) is 30.9 Å². The molecule has 3 heteroatoms. The Balaban J connectivity index is 2.17. The van der Waals surface area contributed by atoms with E-state index in [0.29, 0.717) is 12.1 Å². The van der Waals surface area contributed by atoms with Crippen molar-refractivity contribution in [2.45, 2.75) is 34.1 Å².